The zero-order valence-corrected chi connectivity index (χ0v) is 39.2. The Hall–Kier alpha value is -6.82. The van der Waals surface area contributed by atoms with E-state index < -0.39 is 108 Å². The minimum atomic E-state index is -1.39. The number of aliphatic imine (C=N–C) groups is 1. The number of likely N-dealkylation sites (N-methyl/N-ethyl adjacent to an activating group) is 1. The van der Waals surface area contributed by atoms with Crippen LogP contribution in [-0.4, -0.2) is 159 Å². The van der Waals surface area contributed by atoms with Gasteiger partial charge in [-0.15, -0.1) is 0 Å². The molecule has 0 unspecified atom stereocenters. The maximum Gasteiger partial charge on any atom is 0.326 e. The number of imidazole rings is 1. The maximum absolute atomic E-state index is 14.5. The molecule has 7 amide bonds. The van der Waals surface area contributed by atoms with Crippen molar-refractivity contribution in [2.75, 3.05) is 33.3 Å². The summed E-state index contributed by atoms with van der Waals surface area (Å²) in [5.41, 5.74) is 11.8. The summed E-state index contributed by atoms with van der Waals surface area (Å²) in [6.07, 6.45) is 3.79. The molecule has 0 bridgehead atoms. The fraction of sp³-hybridized carbons (Fsp3) is 0.591. The number of phenols is 1. The first-order valence-corrected chi connectivity index (χ1v) is 22.7. The van der Waals surface area contributed by atoms with E-state index in [4.69, 9.17) is 11.5 Å². The number of carbonyl (C=O) groups is 8. The third-order valence-electron chi connectivity index (χ3n) is 11.4. The molecule has 24 heteroatoms. The van der Waals surface area contributed by atoms with Gasteiger partial charge in [0, 0.05) is 50.8 Å². The van der Waals surface area contributed by atoms with E-state index in [0.717, 1.165) is 0 Å². The summed E-state index contributed by atoms with van der Waals surface area (Å²) >= 11 is 0. The van der Waals surface area contributed by atoms with E-state index in [-0.39, 0.29) is 63.4 Å². The van der Waals surface area contributed by atoms with E-state index in [1.54, 1.807) is 46.9 Å². The van der Waals surface area contributed by atoms with Gasteiger partial charge in [-0.1, -0.05) is 46.2 Å². The molecule has 1 aromatic carbocycles. The van der Waals surface area contributed by atoms with Crippen LogP contribution >= 0.6 is 0 Å². The number of guanidine groups is 1. The predicted octanol–water partition coefficient (Wildman–Crippen LogP) is -2.76. The van der Waals surface area contributed by atoms with Crippen molar-refractivity contribution in [2.24, 2.45) is 28.3 Å². The summed E-state index contributed by atoms with van der Waals surface area (Å²) in [6, 6.07) is -2.79. The van der Waals surface area contributed by atoms with Crippen molar-refractivity contribution in [1.82, 2.24) is 52.1 Å². The quantitative estimate of drug-likeness (QED) is 0.0234. The Kier molecular flexibility index (Phi) is 22.6. The highest BCUT2D eigenvalue weighted by Gasteiger charge is 2.41. The summed E-state index contributed by atoms with van der Waals surface area (Å²) in [4.78, 5) is 121. The highest BCUT2D eigenvalue weighted by atomic mass is 16.4. The number of hydrogen-bond acceptors (Lipinski definition) is 13. The molecule has 15 N–H and O–H groups in total. The number of likely N-dealkylation sites (tertiary alicyclic amines) is 1. The fourth-order valence-electron chi connectivity index (χ4n) is 7.50. The Bertz CT molecular complexity index is 2030. The monoisotopic (exact) mass is 956 g/mol. The number of nitrogens with zero attached hydrogens (tertiary/aromatic N) is 3. The van der Waals surface area contributed by atoms with Crippen LogP contribution in [0.3, 0.4) is 0 Å². The molecule has 1 aliphatic rings. The lowest BCUT2D eigenvalue weighted by molar-refractivity contribution is -0.145. The summed E-state index contributed by atoms with van der Waals surface area (Å²) in [5, 5.41) is 47.6. The van der Waals surface area contributed by atoms with E-state index in [1.807, 2.05) is 0 Å². The van der Waals surface area contributed by atoms with Crippen molar-refractivity contribution < 1.29 is 53.7 Å². The number of rotatable bonds is 28. The van der Waals surface area contributed by atoms with Crippen LogP contribution in [0, 0.1) is 11.8 Å². The Morgan fingerprint density at radius 3 is 2.07 bits per heavy atom. The minimum Gasteiger partial charge on any atom is -0.508 e. The molecular weight excluding hydrogens is 887 g/mol. The molecule has 0 radical (unpaired) electrons. The van der Waals surface area contributed by atoms with Crippen molar-refractivity contribution in [3.8, 4) is 5.75 Å². The van der Waals surface area contributed by atoms with Gasteiger partial charge in [0.15, 0.2) is 5.96 Å². The number of aromatic hydroxyl groups is 1. The molecule has 2 heterocycles. The summed E-state index contributed by atoms with van der Waals surface area (Å²) in [6.45, 7) is 6.57. The van der Waals surface area contributed by atoms with Gasteiger partial charge in [-0.05, 0) is 62.3 Å². The number of aliphatic hydroxyl groups is 1. The fourth-order valence-corrected chi connectivity index (χ4v) is 7.50. The Morgan fingerprint density at radius 1 is 0.838 bits per heavy atom. The molecule has 1 fully saturated rings. The number of carboxylic acid groups (broad SMARTS) is 1. The molecule has 376 valence electrons. The second-order valence-electron chi connectivity index (χ2n) is 17.1. The SMILES string of the molecule is CC[C@H](C)[C@H](NC(=O)[C@H](Cc1ccc(O)cc1)NC(=O)[C@@H](NC(=O)[C@H](CCCN=C(N)N)NC(=O)CNC)C(C)C)C(=O)N[C@@H](Cc1cnc[nH]1)C(=O)N1CCC[C@H]1C(=O)N[C@@H](CCO)C(=O)O. The van der Waals surface area contributed by atoms with Gasteiger partial charge in [0.05, 0.1) is 12.9 Å². The second kappa shape index (κ2) is 27.7. The van der Waals surface area contributed by atoms with Gasteiger partial charge in [0.25, 0.3) is 0 Å². The molecule has 0 spiro atoms. The van der Waals surface area contributed by atoms with E-state index in [0.29, 0.717) is 30.5 Å². The Balaban J connectivity index is 1.92. The van der Waals surface area contributed by atoms with Crippen molar-refractivity contribution >= 4 is 53.3 Å². The number of nitrogens with two attached hydrogens (primary N) is 2. The van der Waals surface area contributed by atoms with Gasteiger partial charge >= 0.3 is 5.97 Å². The predicted molar refractivity (Wildman–Crippen MR) is 248 cm³/mol. The number of nitrogens with one attached hydrogen (secondary N) is 8. The largest absolute Gasteiger partial charge is 0.508 e. The third kappa shape index (κ3) is 17.4. The first kappa shape index (κ1) is 55.5. The summed E-state index contributed by atoms with van der Waals surface area (Å²) in [7, 11) is 1.56. The topological polar surface area (TPSA) is 378 Å². The van der Waals surface area contributed by atoms with Crippen LogP contribution in [0.5, 0.6) is 5.75 Å². The Morgan fingerprint density at radius 2 is 1.49 bits per heavy atom. The number of aromatic nitrogens is 2. The molecular formula is C44H69N13O11. The van der Waals surface area contributed by atoms with Gasteiger partial charge in [-0.25, -0.2) is 9.78 Å². The van der Waals surface area contributed by atoms with Crippen molar-refractivity contribution in [1.29, 1.82) is 0 Å². The van der Waals surface area contributed by atoms with Crippen LogP contribution in [0.4, 0.5) is 0 Å². The highest BCUT2D eigenvalue weighted by molar-refractivity contribution is 5.98. The zero-order chi connectivity index (χ0) is 50.5. The van der Waals surface area contributed by atoms with Gasteiger partial charge in [-0.2, -0.15) is 0 Å². The van der Waals surface area contributed by atoms with E-state index in [2.05, 4.69) is 52.2 Å². The number of carbonyl (C=O) groups excluding carboxylic acids is 7. The van der Waals surface area contributed by atoms with Crippen molar-refractivity contribution in [2.45, 2.75) is 121 Å². The normalized spacial score (nSPS) is 16.5. The second-order valence-corrected chi connectivity index (χ2v) is 17.1. The number of benzene rings is 1. The third-order valence-corrected chi connectivity index (χ3v) is 11.4. The van der Waals surface area contributed by atoms with Crippen LogP contribution in [0.1, 0.15) is 77.5 Å². The van der Waals surface area contributed by atoms with E-state index in [9.17, 15) is 53.7 Å². The number of hydrogen-bond donors (Lipinski definition) is 13. The van der Waals surface area contributed by atoms with Crippen LogP contribution in [0.15, 0.2) is 41.8 Å². The van der Waals surface area contributed by atoms with Crippen LogP contribution in [0.25, 0.3) is 0 Å². The number of carboxylic acids is 1. The highest BCUT2D eigenvalue weighted by Crippen LogP contribution is 2.21. The number of aliphatic hydroxyl groups excluding tert-OH is 1. The van der Waals surface area contributed by atoms with Gasteiger partial charge in [0.1, 0.15) is 48.0 Å². The standard InChI is InChI=1S/C44H69N13O11/c1-6-25(4)36(41(65)54-32(20-27-21-48-23-50-27)42(66)57-17-8-10-33(57)39(63)52-30(15-18-58)43(67)68)56-38(62)31(19-26-11-13-28(59)14-12-26)53-40(64)35(24(2)3)55-37(61)29(51-34(60)22-47-5)9-7-16-49-44(45)46/h11-14,21,23-25,29-33,35-36,47,58-59H,6-10,15-20,22H2,1-5H3,(H,48,50)(H,51,60)(H,52,63)(H,53,64)(H,54,65)(H,55,61)(H,56,62)(H,67,68)(H4,45,46,49)/t25-,29-,30-,31-,32-,33-,35-,36-/m0/s1. The zero-order valence-electron chi connectivity index (χ0n) is 39.2. The molecule has 8 atom stereocenters. The van der Waals surface area contributed by atoms with Crippen LogP contribution in [-0.2, 0) is 51.2 Å². The van der Waals surface area contributed by atoms with Gasteiger partial charge in [-0.3, -0.25) is 38.6 Å². The lowest BCUT2D eigenvalue weighted by Crippen LogP contribution is -2.62. The molecule has 24 nitrogen and oxygen atoms in total. The summed E-state index contributed by atoms with van der Waals surface area (Å²) < 4.78 is 0. The lowest BCUT2D eigenvalue weighted by Gasteiger charge is -2.32. The van der Waals surface area contributed by atoms with Crippen molar-refractivity contribution in [3.63, 3.8) is 0 Å². The maximum atomic E-state index is 14.5. The number of phenolic OH excluding ortho intramolecular Hbond substituents is 1. The van der Waals surface area contributed by atoms with Gasteiger partial charge in [0.2, 0.25) is 41.4 Å². The lowest BCUT2D eigenvalue weighted by atomic mass is 9.96. The molecule has 0 saturated carbocycles. The average molecular weight is 956 g/mol. The number of aromatic amines is 1. The number of H-pyrrole nitrogens is 1. The molecule has 68 heavy (non-hydrogen) atoms. The molecule has 1 aliphatic heterocycles. The number of aliphatic carboxylic acids is 1. The molecule has 0 aliphatic carbocycles. The molecule has 1 aromatic heterocycles. The van der Waals surface area contributed by atoms with E-state index >= 15 is 0 Å². The van der Waals surface area contributed by atoms with Crippen molar-refractivity contribution in [3.05, 3.63) is 48.0 Å². The molecule has 3 rings (SSSR count). The summed E-state index contributed by atoms with van der Waals surface area (Å²) in [5.74, 6) is -7.44. The van der Waals surface area contributed by atoms with Crippen LogP contribution < -0.4 is 48.7 Å². The Labute approximate surface area is 395 Å². The van der Waals surface area contributed by atoms with Gasteiger partial charge < -0.3 is 73.9 Å². The average Bonchev–Trinajstić information content (AvgIpc) is 4.01. The molecule has 1 saturated heterocycles. The van der Waals surface area contributed by atoms with E-state index in [1.165, 1.54) is 29.6 Å². The first-order valence-electron chi connectivity index (χ1n) is 22.7. The number of amides is 7. The molecule has 2 aromatic rings. The first-order chi connectivity index (χ1) is 32.3. The minimum absolute atomic E-state index is 0.0456. The smallest absolute Gasteiger partial charge is 0.326 e. The van der Waals surface area contributed by atoms with Crippen LogP contribution in [0.2, 0.25) is 0 Å².